The number of aromatic nitrogens is 1. The van der Waals surface area contributed by atoms with Crippen LogP contribution in [0.4, 0.5) is 10.1 Å². The van der Waals surface area contributed by atoms with Crippen LogP contribution in [-0.4, -0.2) is 31.8 Å². The van der Waals surface area contributed by atoms with E-state index in [0.29, 0.717) is 11.4 Å². The van der Waals surface area contributed by atoms with E-state index in [-0.39, 0.29) is 27.6 Å². The molecule has 0 saturated carbocycles. The molecule has 0 radical (unpaired) electrons. The van der Waals surface area contributed by atoms with E-state index < -0.39 is 26.9 Å². The molecule has 7 nitrogen and oxygen atoms in total. The molecular formula is C23H21ClFN3O4S. The van der Waals surface area contributed by atoms with Crippen molar-refractivity contribution >= 4 is 33.0 Å². The Bertz CT molecular complexity index is 1280. The summed E-state index contributed by atoms with van der Waals surface area (Å²) in [5.41, 5.74) is 0.478. The number of ether oxygens (including phenoxy) is 1. The number of nitrogens with one attached hydrogen (secondary N) is 2. The molecule has 0 saturated heterocycles. The Morgan fingerprint density at radius 3 is 2.73 bits per heavy atom. The van der Waals surface area contributed by atoms with E-state index >= 15 is 0 Å². The van der Waals surface area contributed by atoms with Crippen LogP contribution in [0.3, 0.4) is 0 Å². The molecule has 10 heteroatoms. The molecule has 1 heterocycles. The predicted molar refractivity (Wildman–Crippen MR) is 125 cm³/mol. The third kappa shape index (κ3) is 5.50. The Labute approximate surface area is 196 Å². The summed E-state index contributed by atoms with van der Waals surface area (Å²) in [6, 6.07) is 11.8. The zero-order chi connectivity index (χ0) is 24.0. The second-order valence-corrected chi connectivity index (χ2v) is 9.30. The standard InChI is InChI=1S/C23H21ClFN3O4S/c1-3-21(28-16-11-17(32-2)14-26-13-16)33(30,31)20-10-5-4-8-18(20)23(29)27-12-15-7-6-9-19(24)22(15)25/h3-11,13-14,21,28H,1,12H2,2H3,(H,27,29). The van der Waals surface area contributed by atoms with E-state index in [1.165, 1.54) is 62.0 Å². The molecule has 1 aromatic heterocycles. The van der Waals surface area contributed by atoms with Crippen molar-refractivity contribution in [2.45, 2.75) is 16.8 Å². The lowest BCUT2D eigenvalue weighted by molar-refractivity contribution is 0.0947. The Morgan fingerprint density at radius 1 is 1.24 bits per heavy atom. The lowest BCUT2D eigenvalue weighted by atomic mass is 10.2. The molecule has 0 fully saturated rings. The van der Waals surface area contributed by atoms with Gasteiger partial charge in [-0.2, -0.15) is 0 Å². The van der Waals surface area contributed by atoms with Crippen LogP contribution in [0.25, 0.3) is 0 Å². The molecule has 0 aliphatic carbocycles. The van der Waals surface area contributed by atoms with Gasteiger partial charge in [0.15, 0.2) is 5.37 Å². The molecule has 0 aliphatic rings. The van der Waals surface area contributed by atoms with E-state index in [1.54, 1.807) is 12.1 Å². The number of carbonyl (C=O) groups excluding carboxylic acids is 1. The van der Waals surface area contributed by atoms with Crippen molar-refractivity contribution in [2.24, 2.45) is 0 Å². The van der Waals surface area contributed by atoms with Crippen LogP contribution >= 0.6 is 11.6 Å². The quantitative estimate of drug-likeness (QED) is 0.437. The largest absolute Gasteiger partial charge is 0.495 e. The molecule has 0 bridgehead atoms. The summed E-state index contributed by atoms with van der Waals surface area (Å²) in [7, 11) is -2.63. The van der Waals surface area contributed by atoms with E-state index in [1.807, 2.05) is 0 Å². The monoisotopic (exact) mass is 489 g/mol. The Balaban J connectivity index is 1.86. The maximum absolute atomic E-state index is 14.1. The number of halogens is 2. The van der Waals surface area contributed by atoms with Gasteiger partial charge in [0.05, 0.1) is 40.7 Å². The number of anilines is 1. The van der Waals surface area contributed by atoms with Crippen molar-refractivity contribution in [1.82, 2.24) is 10.3 Å². The lowest BCUT2D eigenvalue weighted by Crippen LogP contribution is -2.31. The number of hydrogen-bond acceptors (Lipinski definition) is 6. The molecule has 172 valence electrons. The lowest BCUT2D eigenvalue weighted by Gasteiger charge is -2.19. The van der Waals surface area contributed by atoms with Gasteiger partial charge in [-0.05, 0) is 18.2 Å². The minimum Gasteiger partial charge on any atom is -0.495 e. The van der Waals surface area contributed by atoms with Crippen LogP contribution in [0.15, 0.2) is 78.5 Å². The topological polar surface area (TPSA) is 97.4 Å². The first kappa shape index (κ1) is 24.2. The van der Waals surface area contributed by atoms with Gasteiger partial charge in [0.1, 0.15) is 11.6 Å². The summed E-state index contributed by atoms with van der Waals surface area (Å²) in [4.78, 5) is 16.6. The van der Waals surface area contributed by atoms with Crippen molar-refractivity contribution in [3.05, 3.63) is 95.5 Å². The zero-order valence-electron chi connectivity index (χ0n) is 17.6. The van der Waals surface area contributed by atoms with Crippen molar-refractivity contribution in [1.29, 1.82) is 0 Å². The van der Waals surface area contributed by atoms with E-state index in [0.717, 1.165) is 0 Å². The van der Waals surface area contributed by atoms with Crippen LogP contribution in [0, 0.1) is 5.82 Å². The summed E-state index contributed by atoms with van der Waals surface area (Å²) < 4.78 is 46.0. The summed E-state index contributed by atoms with van der Waals surface area (Å²) >= 11 is 5.77. The minimum atomic E-state index is -4.10. The second-order valence-electron chi connectivity index (χ2n) is 6.85. The van der Waals surface area contributed by atoms with E-state index in [9.17, 15) is 17.6 Å². The highest BCUT2D eigenvalue weighted by Gasteiger charge is 2.29. The van der Waals surface area contributed by atoms with Crippen molar-refractivity contribution in [2.75, 3.05) is 12.4 Å². The molecule has 2 aromatic carbocycles. The predicted octanol–water partition coefficient (Wildman–Crippen LogP) is 4.21. The van der Waals surface area contributed by atoms with Crippen molar-refractivity contribution in [3.63, 3.8) is 0 Å². The molecule has 1 atom stereocenters. The molecule has 1 amide bonds. The molecule has 2 N–H and O–H groups in total. The van der Waals surface area contributed by atoms with Gasteiger partial charge >= 0.3 is 0 Å². The molecule has 3 aromatic rings. The Morgan fingerprint density at radius 2 is 2.00 bits per heavy atom. The van der Waals surface area contributed by atoms with E-state index in [4.69, 9.17) is 16.3 Å². The SMILES string of the molecule is C=CC(Nc1cncc(OC)c1)S(=O)(=O)c1ccccc1C(=O)NCc1cccc(Cl)c1F. The molecule has 33 heavy (non-hydrogen) atoms. The number of sulfone groups is 1. The molecular weight excluding hydrogens is 469 g/mol. The number of carbonyl (C=O) groups is 1. The highest BCUT2D eigenvalue weighted by molar-refractivity contribution is 7.92. The van der Waals surface area contributed by atoms with Crippen molar-refractivity contribution < 1.29 is 22.3 Å². The molecule has 0 spiro atoms. The zero-order valence-corrected chi connectivity index (χ0v) is 19.2. The van der Waals surface area contributed by atoms with Gasteiger partial charge < -0.3 is 15.4 Å². The fourth-order valence-corrected chi connectivity index (χ4v) is 4.78. The average molecular weight is 490 g/mol. The normalized spacial score (nSPS) is 12.0. The third-order valence-corrected chi connectivity index (χ3v) is 6.96. The van der Waals surface area contributed by atoms with Crippen LogP contribution in [0.2, 0.25) is 5.02 Å². The second kappa shape index (κ2) is 10.5. The minimum absolute atomic E-state index is 0.0725. The Kier molecular flexibility index (Phi) is 7.67. The summed E-state index contributed by atoms with van der Waals surface area (Å²) in [5.74, 6) is -0.893. The number of amides is 1. The maximum atomic E-state index is 14.1. The van der Waals surface area contributed by atoms with Crippen LogP contribution in [0.5, 0.6) is 5.75 Å². The van der Waals surface area contributed by atoms with E-state index in [2.05, 4.69) is 22.2 Å². The molecule has 3 rings (SSSR count). The van der Waals surface area contributed by atoms with Crippen LogP contribution in [-0.2, 0) is 16.4 Å². The summed E-state index contributed by atoms with van der Waals surface area (Å²) in [6.07, 6.45) is 4.13. The summed E-state index contributed by atoms with van der Waals surface area (Å²) in [6.45, 7) is 3.44. The number of nitrogens with zero attached hydrogens (tertiary/aromatic N) is 1. The third-order valence-electron chi connectivity index (χ3n) is 4.72. The van der Waals surface area contributed by atoms with Crippen LogP contribution in [0.1, 0.15) is 15.9 Å². The van der Waals surface area contributed by atoms with Gasteiger partial charge in [-0.1, -0.05) is 48.5 Å². The summed E-state index contributed by atoms with van der Waals surface area (Å²) in [5, 5.41) is 4.05. The number of methoxy groups -OCH3 is 1. The van der Waals surface area contributed by atoms with Gasteiger partial charge in [0.2, 0.25) is 9.84 Å². The number of benzene rings is 2. The maximum Gasteiger partial charge on any atom is 0.252 e. The average Bonchev–Trinajstić information content (AvgIpc) is 2.83. The fourth-order valence-electron chi connectivity index (χ4n) is 3.03. The molecule has 0 aliphatic heterocycles. The number of pyridine rings is 1. The number of rotatable bonds is 9. The van der Waals surface area contributed by atoms with Gasteiger partial charge in [-0.15, -0.1) is 0 Å². The number of hydrogen-bond donors (Lipinski definition) is 2. The van der Waals surface area contributed by atoms with Gasteiger partial charge in [0, 0.05) is 18.2 Å². The van der Waals surface area contributed by atoms with Crippen LogP contribution < -0.4 is 15.4 Å². The van der Waals surface area contributed by atoms with Gasteiger partial charge in [-0.25, -0.2) is 12.8 Å². The first-order valence-corrected chi connectivity index (χ1v) is 11.6. The Hall–Kier alpha value is -3.43. The highest BCUT2D eigenvalue weighted by atomic mass is 35.5. The highest BCUT2D eigenvalue weighted by Crippen LogP contribution is 2.24. The van der Waals surface area contributed by atoms with Gasteiger partial charge in [0.25, 0.3) is 5.91 Å². The fraction of sp³-hybridized carbons (Fsp3) is 0.130. The molecule has 1 unspecified atom stereocenters. The first-order valence-electron chi connectivity index (χ1n) is 9.70. The van der Waals surface area contributed by atoms with Gasteiger partial charge in [-0.3, -0.25) is 9.78 Å². The first-order chi connectivity index (χ1) is 15.8. The smallest absolute Gasteiger partial charge is 0.252 e. The van der Waals surface area contributed by atoms with Crippen molar-refractivity contribution in [3.8, 4) is 5.75 Å².